The molecule has 0 spiro atoms. The molecule has 0 saturated carbocycles. The van der Waals surface area contributed by atoms with Gasteiger partial charge in [-0.15, -0.1) is 0 Å². The molecule has 31 heavy (non-hydrogen) atoms. The summed E-state index contributed by atoms with van der Waals surface area (Å²) in [5, 5.41) is 5.82. The van der Waals surface area contributed by atoms with Gasteiger partial charge in [-0.05, 0) is 28.2 Å². The molecule has 3 aliphatic rings. The van der Waals surface area contributed by atoms with Crippen LogP contribution in [0.25, 0.3) is 16.5 Å². The van der Waals surface area contributed by atoms with E-state index in [-0.39, 0.29) is 22.9 Å². The third-order valence-corrected chi connectivity index (χ3v) is 6.84. The molecule has 2 aliphatic carbocycles. The molecule has 3 aromatic carbocycles. The summed E-state index contributed by atoms with van der Waals surface area (Å²) in [5.41, 5.74) is 5.91. The Labute approximate surface area is 181 Å². The van der Waals surface area contributed by atoms with Crippen LogP contribution in [0.4, 0.5) is 0 Å². The van der Waals surface area contributed by atoms with E-state index in [0.717, 1.165) is 50.9 Å². The molecule has 3 heteroatoms. The Morgan fingerprint density at radius 3 is 2.32 bits per heavy atom. The SMILES string of the molecule is CC1(C)CC(=O)C2=C(C1)NC1=C(C(=O)c3ccccc31)C2c1ccc2ccccc2c1. The van der Waals surface area contributed by atoms with Gasteiger partial charge in [0.15, 0.2) is 11.6 Å². The first-order valence-corrected chi connectivity index (χ1v) is 10.8. The normalized spacial score (nSPS) is 21.7. The minimum absolute atomic E-state index is 0.0282. The van der Waals surface area contributed by atoms with E-state index < -0.39 is 0 Å². The van der Waals surface area contributed by atoms with Gasteiger partial charge in [-0.2, -0.15) is 0 Å². The maximum atomic E-state index is 13.6. The van der Waals surface area contributed by atoms with Crippen LogP contribution in [0.2, 0.25) is 0 Å². The smallest absolute Gasteiger partial charge is 0.192 e. The molecule has 1 atom stereocenters. The molecule has 6 rings (SSSR count). The number of benzene rings is 3. The van der Waals surface area contributed by atoms with E-state index >= 15 is 0 Å². The molecule has 0 radical (unpaired) electrons. The van der Waals surface area contributed by atoms with E-state index in [1.165, 1.54) is 0 Å². The molecule has 3 nitrogen and oxygen atoms in total. The fourth-order valence-electron chi connectivity index (χ4n) is 5.51. The van der Waals surface area contributed by atoms with Gasteiger partial charge in [-0.3, -0.25) is 9.59 Å². The van der Waals surface area contributed by atoms with Crippen molar-refractivity contribution in [3.8, 4) is 0 Å². The van der Waals surface area contributed by atoms with Crippen LogP contribution in [0.1, 0.15) is 54.1 Å². The van der Waals surface area contributed by atoms with E-state index in [2.05, 4.69) is 49.5 Å². The zero-order valence-electron chi connectivity index (χ0n) is 17.7. The number of rotatable bonds is 1. The molecule has 1 aliphatic heterocycles. The molecule has 152 valence electrons. The Kier molecular flexibility index (Phi) is 3.71. The quantitative estimate of drug-likeness (QED) is 0.558. The fraction of sp³-hybridized carbons (Fsp3) is 0.214. The minimum Gasteiger partial charge on any atom is -0.358 e. The van der Waals surface area contributed by atoms with Crippen molar-refractivity contribution in [2.45, 2.75) is 32.6 Å². The van der Waals surface area contributed by atoms with Gasteiger partial charge >= 0.3 is 0 Å². The van der Waals surface area contributed by atoms with Crippen molar-refractivity contribution in [1.29, 1.82) is 0 Å². The molecule has 1 heterocycles. The van der Waals surface area contributed by atoms with Crippen molar-refractivity contribution in [2.75, 3.05) is 0 Å². The zero-order valence-corrected chi connectivity index (χ0v) is 17.7. The van der Waals surface area contributed by atoms with Crippen molar-refractivity contribution >= 4 is 28.0 Å². The molecule has 0 fully saturated rings. The first-order valence-electron chi connectivity index (χ1n) is 10.8. The van der Waals surface area contributed by atoms with Crippen molar-refractivity contribution in [2.24, 2.45) is 5.41 Å². The summed E-state index contributed by atoms with van der Waals surface area (Å²) in [5.74, 6) is -0.160. The predicted molar refractivity (Wildman–Crippen MR) is 123 cm³/mol. The van der Waals surface area contributed by atoms with Crippen LogP contribution in [0.15, 0.2) is 83.6 Å². The van der Waals surface area contributed by atoms with E-state index in [9.17, 15) is 9.59 Å². The second-order valence-corrected chi connectivity index (χ2v) is 9.66. The summed E-state index contributed by atoms with van der Waals surface area (Å²) < 4.78 is 0. The highest BCUT2D eigenvalue weighted by Crippen LogP contribution is 2.51. The van der Waals surface area contributed by atoms with Crippen LogP contribution in [0, 0.1) is 5.41 Å². The molecule has 0 aromatic heterocycles. The molecular formula is C28H23NO2. The second-order valence-electron chi connectivity index (χ2n) is 9.66. The number of carbonyl (C=O) groups excluding carboxylic acids is 2. The Morgan fingerprint density at radius 1 is 0.806 bits per heavy atom. The Hall–Kier alpha value is -3.46. The van der Waals surface area contributed by atoms with Gasteiger partial charge in [0.1, 0.15) is 0 Å². The molecule has 0 bridgehead atoms. The molecule has 0 amide bonds. The number of carbonyl (C=O) groups is 2. The van der Waals surface area contributed by atoms with Gasteiger partial charge in [0.2, 0.25) is 0 Å². The molecular weight excluding hydrogens is 382 g/mol. The standard InChI is InChI=1S/C28H23NO2/c1-28(2)14-21-24(22(30)15-28)23(18-12-11-16-7-3-4-8-17(16)13-18)25-26(29-21)19-9-5-6-10-20(19)27(25)31/h3-13,23,29H,14-15H2,1-2H3. The van der Waals surface area contributed by atoms with Gasteiger partial charge in [-0.25, -0.2) is 0 Å². The number of hydrogen-bond acceptors (Lipinski definition) is 3. The Bertz CT molecular complexity index is 1370. The van der Waals surface area contributed by atoms with Crippen LogP contribution in [-0.2, 0) is 4.79 Å². The lowest BCUT2D eigenvalue weighted by Crippen LogP contribution is -2.37. The third kappa shape index (κ3) is 2.66. The summed E-state index contributed by atoms with van der Waals surface area (Å²) in [7, 11) is 0. The Balaban J connectivity index is 1.61. The highest BCUT2D eigenvalue weighted by Gasteiger charge is 2.46. The van der Waals surface area contributed by atoms with Gasteiger partial charge in [0.25, 0.3) is 0 Å². The lowest BCUT2D eigenvalue weighted by molar-refractivity contribution is -0.118. The number of allylic oxidation sites excluding steroid dienone is 3. The van der Waals surface area contributed by atoms with Gasteiger partial charge in [-0.1, -0.05) is 80.6 Å². The first kappa shape index (κ1) is 18.3. The number of hydrogen-bond donors (Lipinski definition) is 1. The molecule has 0 saturated heterocycles. The minimum atomic E-state index is -0.334. The van der Waals surface area contributed by atoms with Crippen LogP contribution in [0.5, 0.6) is 0 Å². The van der Waals surface area contributed by atoms with E-state index in [0.29, 0.717) is 12.0 Å². The number of dihydropyridines is 1. The molecule has 3 aromatic rings. The van der Waals surface area contributed by atoms with Crippen molar-refractivity contribution in [3.05, 3.63) is 100 Å². The summed E-state index contributed by atoms with van der Waals surface area (Å²) in [6, 6.07) is 22.3. The second kappa shape index (κ2) is 6.27. The molecule has 1 N–H and O–H groups in total. The van der Waals surface area contributed by atoms with Gasteiger partial charge < -0.3 is 5.32 Å². The summed E-state index contributed by atoms with van der Waals surface area (Å²) in [6.07, 6.45) is 1.30. The van der Waals surface area contributed by atoms with Crippen LogP contribution < -0.4 is 5.32 Å². The summed E-state index contributed by atoms with van der Waals surface area (Å²) in [6.45, 7) is 4.28. The summed E-state index contributed by atoms with van der Waals surface area (Å²) in [4.78, 5) is 27.0. The van der Waals surface area contributed by atoms with Crippen LogP contribution in [-0.4, -0.2) is 11.6 Å². The largest absolute Gasteiger partial charge is 0.358 e. The fourth-order valence-corrected chi connectivity index (χ4v) is 5.51. The first-order chi connectivity index (χ1) is 14.9. The average molecular weight is 405 g/mol. The average Bonchev–Trinajstić information content (AvgIpc) is 3.03. The van der Waals surface area contributed by atoms with E-state index in [1.807, 2.05) is 36.4 Å². The van der Waals surface area contributed by atoms with Crippen molar-refractivity contribution < 1.29 is 9.59 Å². The number of Topliss-reactive ketones (excluding diaryl/α,β-unsaturated/α-hetero) is 2. The maximum Gasteiger partial charge on any atom is 0.192 e. The predicted octanol–water partition coefficient (Wildman–Crippen LogP) is 5.78. The van der Waals surface area contributed by atoms with Crippen molar-refractivity contribution in [1.82, 2.24) is 5.32 Å². The van der Waals surface area contributed by atoms with Gasteiger partial charge in [0, 0.05) is 40.3 Å². The lowest BCUT2D eigenvalue weighted by Gasteiger charge is -2.39. The topological polar surface area (TPSA) is 46.2 Å². The van der Waals surface area contributed by atoms with Gasteiger partial charge in [0.05, 0.1) is 5.70 Å². The summed E-state index contributed by atoms with van der Waals surface area (Å²) >= 11 is 0. The monoisotopic (exact) mass is 405 g/mol. The van der Waals surface area contributed by atoms with E-state index in [4.69, 9.17) is 0 Å². The number of nitrogens with one attached hydrogen (secondary N) is 1. The maximum absolute atomic E-state index is 13.6. The van der Waals surface area contributed by atoms with Crippen molar-refractivity contribution in [3.63, 3.8) is 0 Å². The zero-order chi connectivity index (χ0) is 21.3. The Morgan fingerprint density at radius 2 is 1.52 bits per heavy atom. The van der Waals surface area contributed by atoms with Crippen LogP contribution in [0.3, 0.4) is 0 Å². The lowest BCUT2D eigenvalue weighted by atomic mass is 9.68. The van der Waals surface area contributed by atoms with E-state index in [1.54, 1.807) is 0 Å². The molecule has 1 unspecified atom stereocenters. The third-order valence-electron chi connectivity index (χ3n) is 6.84. The highest BCUT2D eigenvalue weighted by molar-refractivity contribution is 6.23. The number of ketones is 2. The highest BCUT2D eigenvalue weighted by atomic mass is 16.1. The number of fused-ring (bicyclic) bond motifs is 3. The van der Waals surface area contributed by atoms with Crippen LogP contribution >= 0.6 is 0 Å².